The second kappa shape index (κ2) is 3.32. The molecule has 0 radical (unpaired) electrons. The topological polar surface area (TPSA) is 21.3 Å². The lowest BCUT2D eigenvalue weighted by atomic mass is 10.2. The molecule has 0 aromatic heterocycles. The van der Waals surface area contributed by atoms with Gasteiger partial charge in [0.1, 0.15) is 6.61 Å². The molecule has 0 amide bonds. The third-order valence-electron chi connectivity index (χ3n) is 1.74. The molecule has 0 saturated carbocycles. The molecule has 2 nitrogen and oxygen atoms in total. The van der Waals surface area contributed by atoms with Gasteiger partial charge >= 0.3 is 0 Å². The van der Waals surface area contributed by atoms with E-state index in [2.05, 4.69) is 17.5 Å². The highest BCUT2D eigenvalue weighted by atomic mass is 32.2. The van der Waals surface area contributed by atoms with Crippen LogP contribution in [-0.4, -0.2) is 24.3 Å². The Morgan fingerprint density at radius 2 is 2.64 bits per heavy atom. The van der Waals surface area contributed by atoms with Crippen molar-refractivity contribution in [2.45, 2.75) is 5.37 Å². The van der Waals surface area contributed by atoms with Crippen LogP contribution in [0.3, 0.4) is 0 Å². The standard InChI is InChI=1S/C8H11NOS/c1-2-7(6-10-4-1)8-9-3-5-11-8/h1-2,6,8-9H,3-5H2. The quantitative estimate of drug-likeness (QED) is 0.635. The molecule has 0 aromatic carbocycles. The molecule has 2 heterocycles. The maximum atomic E-state index is 5.19. The number of hydrogen-bond acceptors (Lipinski definition) is 3. The summed E-state index contributed by atoms with van der Waals surface area (Å²) in [6.07, 6.45) is 6.05. The summed E-state index contributed by atoms with van der Waals surface area (Å²) in [5.74, 6) is 1.20. The van der Waals surface area contributed by atoms with Crippen LogP contribution in [0.1, 0.15) is 0 Å². The second-order valence-corrected chi connectivity index (χ2v) is 3.77. The fourth-order valence-electron chi connectivity index (χ4n) is 1.21. The van der Waals surface area contributed by atoms with E-state index >= 15 is 0 Å². The molecule has 1 atom stereocenters. The van der Waals surface area contributed by atoms with Crippen molar-refractivity contribution in [2.24, 2.45) is 0 Å². The van der Waals surface area contributed by atoms with Gasteiger partial charge in [-0.1, -0.05) is 6.08 Å². The van der Waals surface area contributed by atoms with E-state index in [1.807, 2.05) is 18.0 Å². The first-order valence-electron chi connectivity index (χ1n) is 3.80. The Labute approximate surface area is 70.7 Å². The van der Waals surface area contributed by atoms with Crippen LogP contribution in [0.15, 0.2) is 24.0 Å². The molecule has 2 aliphatic heterocycles. The Balaban J connectivity index is 2.02. The zero-order chi connectivity index (χ0) is 7.52. The Hall–Kier alpha value is -0.410. The van der Waals surface area contributed by atoms with Crippen molar-refractivity contribution >= 4 is 11.8 Å². The molecule has 0 aromatic rings. The summed E-state index contributed by atoms with van der Waals surface area (Å²) in [5, 5.41) is 3.85. The van der Waals surface area contributed by atoms with E-state index < -0.39 is 0 Å². The van der Waals surface area contributed by atoms with E-state index in [0.29, 0.717) is 5.37 Å². The minimum atomic E-state index is 0.464. The predicted molar refractivity (Wildman–Crippen MR) is 47.4 cm³/mol. The number of rotatable bonds is 1. The highest BCUT2D eigenvalue weighted by Gasteiger charge is 2.18. The average molecular weight is 169 g/mol. The second-order valence-electron chi connectivity index (χ2n) is 2.56. The Morgan fingerprint density at radius 1 is 1.64 bits per heavy atom. The number of ether oxygens (including phenoxy) is 1. The molecule has 11 heavy (non-hydrogen) atoms. The van der Waals surface area contributed by atoms with E-state index in [9.17, 15) is 0 Å². The van der Waals surface area contributed by atoms with Crippen LogP contribution < -0.4 is 5.32 Å². The van der Waals surface area contributed by atoms with Crippen molar-refractivity contribution in [3.05, 3.63) is 24.0 Å². The number of thioether (sulfide) groups is 1. The normalized spacial score (nSPS) is 29.8. The lowest BCUT2D eigenvalue weighted by Crippen LogP contribution is -2.21. The molecule has 0 aliphatic carbocycles. The fourth-order valence-corrected chi connectivity index (χ4v) is 2.25. The van der Waals surface area contributed by atoms with Crippen molar-refractivity contribution in [1.82, 2.24) is 5.32 Å². The van der Waals surface area contributed by atoms with Crippen LogP contribution in [0.4, 0.5) is 0 Å². The lowest BCUT2D eigenvalue weighted by molar-refractivity contribution is 0.281. The first-order chi connectivity index (χ1) is 5.47. The molecule has 3 heteroatoms. The molecular weight excluding hydrogens is 158 g/mol. The smallest absolute Gasteiger partial charge is 0.106 e. The SMILES string of the molecule is C1=CC(C2NCCS2)=COC1. The van der Waals surface area contributed by atoms with Crippen LogP contribution in [0, 0.1) is 0 Å². The van der Waals surface area contributed by atoms with Gasteiger partial charge in [-0.2, -0.15) is 0 Å². The first kappa shape index (κ1) is 7.25. The van der Waals surface area contributed by atoms with Gasteiger partial charge in [-0.25, -0.2) is 0 Å². The fraction of sp³-hybridized carbons (Fsp3) is 0.500. The maximum Gasteiger partial charge on any atom is 0.106 e. The molecule has 2 aliphatic rings. The molecule has 0 bridgehead atoms. The molecule has 0 spiro atoms. The van der Waals surface area contributed by atoms with Gasteiger partial charge in [0.2, 0.25) is 0 Å². The van der Waals surface area contributed by atoms with Gasteiger partial charge in [0.25, 0.3) is 0 Å². The molecule has 1 saturated heterocycles. The van der Waals surface area contributed by atoms with E-state index in [-0.39, 0.29) is 0 Å². The van der Waals surface area contributed by atoms with Gasteiger partial charge in [-0.05, 0) is 6.08 Å². The van der Waals surface area contributed by atoms with Gasteiger partial charge in [0, 0.05) is 17.9 Å². The van der Waals surface area contributed by atoms with Crippen molar-refractivity contribution < 1.29 is 4.74 Å². The van der Waals surface area contributed by atoms with E-state index in [4.69, 9.17) is 4.74 Å². The Morgan fingerprint density at radius 3 is 3.27 bits per heavy atom. The third-order valence-corrected chi connectivity index (χ3v) is 2.95. The summed E-state index contributed by atoms with van der Waals surface area (Å²) in [4.78, 5) is 0. The number of hydrogen-bond donors (Lipinski definition) is 1. The highest BCUT2D eigenvalue weighted by Crippen LogP contribution is 2.23. The maximum absolute atomic E-state index is 5.19. The summed E-state index contributed by atoms with van der Waals surface area (Å²) in [6.45, 7) is 1.83. The van der Waals surface area contributed by atoms with E-state index in [0.717, 1.165) is 13.2 Å². The van der Waals surface area contributed by atoms with Crippen molar-refractivity contribution in [3.63, 3.8) is 0 Å². The van der Waals surface area contributed by atoms with Crippen LogP contribution in [0.5, 0.6) is 0 Å². The summed E-state index contributed by atoms with van der Waals surface area (Å²) < 4.78 is 5.19. The first-order valence-corrected chi connectivity index (χ1v) is 4.85. The molecule has 2 rings (SSSR count). The minimum Gasteiger partial charge on any atom is -0.497 e. The van der Waals surface area contributed by atoms with Gasteiger partial charge in [0.15, 0.2) is 0 Å². The monoisotopic (exact) mass is 169 g/mol. The van der Waals surface area contributed by atoms with Crippen LogP contribution in [-0.2, 0) is 4.74 Å². The van der Waals surface area contributed by atoms with Crippen molar-refractivity contribution in [2.75, 3.05) is 18.9 Å². The molecular formula is C8H11NOS. The molecule has 1 N–H and O–H groups in total. The summed E-state index contributed by atoms with van der Waals surface area (Å²) in [6, 6.07) is 0. The zero-order valence-corrected chi connectivity index (χ0v) is 7.06. The van der Waals surface area contributed by atoms with Crippen LogP contribution in [0.25, 0.3) is 0 Å². The predicted octanol–water partition coefficient (Wildman–Crippen LogP) is 1.12. The van der Waals surface area contributed by atoms with Crippen LogP contribution in [0.2, 0.25) is 0 Å². The minimum absolute atomic E-state index is 0.464. The third kappa shape index (κ3) is 1.60. The van der Waals surface area contributed by atoms with Gasteiger partial charge in [0.05, 0.1) is 11.6 Å². The van der Waals surface area contributed by atoms with Gasteiger partial charge in [-0.15, -0.1) is 11.8 Å². The highest BCUT2D eigenvalue weighted by molar-refractivity contribution is 8.00. The Kier molecular flexibility index (Phi) is 2.19. The summed E-state index contributed by atoms with van der Waals surface area (Å²) >= 11 is 1.94. The average Bonchev–Trinajstić information content (AvgIpc) is 2.58. The molecule has 60 valence electrons. The lowest BCUT2D eigenvalue weighted by Gasteiger charge is -2.13. The van der Waals surface area contributed by atoms with Crippen LogP contribution >= 0.6 is 11.8 Å². The molecule has 1 fully saturated rings. The number of nitrogens with one attached hydrogen (secondary N) is 1. The van der Waals surface area contributed by atoms with E-state index in [1.54, 1.807) is 0 Å². The van der Waals surface area contributed by atoms with Crippen molar-refractivity contribution in [1.29, 1.82) is 0 Å². The largest absolute Gasteiger partial charge is 0.497 e. The zero-order valence-electron chi connectivity index (χ0n) is 6.25. The Bertz CT molecular complexity index is 194. The molecule has 1 unspecified atom stereocenters. The summed E-state index contributed by atoms with van der Waals surface area (Å²) in [5.41, 5.74) is 1.26. The van der Waals surface area contributed by atoms with Crippen molar-refractivity contribution in [3.8, 4) is 0 Å². The summed E-state index contributed by atoms with van der Waals surface area (Å²) in [7, 11) is 0. The van der Waals surface area contributed by atoms with Gasteiger partial charge < -0.3 is 10.1 Å². The van der Waals surface area contributed by atoms with E-state index in [1.165, 1.54) is 11.3 Å². The van der Waals surface area contributed by atoms with Gasteiger partial charge in [-0.3, -0.25) is 0 Å².